The first-order valence-electron chi connectivity index (χ1n) is 3.21. The molecule has 0 saturated heterocycles. The van der Waals surface area contributed by atoms with Gasteiger partial charge >= 0.3 is 8.80 Å². The van der Waals surface area contributed by atoms with Gasteiger partial charge in [0.2, 0.25) is 0 Å². The third-order valence-corrected chi connectivity index (χ3v) is 4.99. The summed E-state index contributed by atoms with van der Waals surface area (Å²) in [5.74, 6) is 0. The Bertz CT molecular complexity index is 76.2. The molecule has 0 aliphatic heterocycles. The molecule has 0 radical (unpaired) electrons. The molecule has 9 heavy (non-hydrogen) atoms. The van der Waals surface area contributed by atoms with E-state index in [0.717, 1.165) is 6.04 Å². The van der Waals surface area contributed by atoms with Crippen molar-refractivity contribution in [3.63, 3.8) is 0 Å². The van der Waals surface area contributed by atoms with Crippen molar-refractivity contribution in [2.45, 2.75) is 25.9 Å². The third kappa shape index (κ3) is 4.79. The van der Waals surface area contributed by atoms with Crippen LogP contribution in [0.4, 0.5) is 0 Å². The molecular formula is C4H14O3Si2. The molecule has 0 fully saturated rings. The summed E-state index contributed by atoms with van der Waals surface area (Å²) in [5, 5.41) is 0. The highest BCUT2D eigenvalue weighted by atomic mass is 28.4. The average Bonchev–Trinajstić information content (AvgIpc) is 1.84. The van der Waals surface area contributed by atoms with Crippen molar-refractivity contribution in [1.29, 1.82) is 0 Å². The maximum atomic E-state index is 8.96. The van der Waals surface area contributed by atoms with E-state index in [1.54, 1.807) is 6.92 Å². The van der Waals surface area contributed by atoms with E-state index in [1.807, 2.05) is 6.92 Å². The Kier molecular flexibility index (Phi) is 4.33. The molecule has 0 unspecified atom stereocenters. The minimum Gasteiger partial charge on any atom is -0.421 e. The van der Waals surface area contributed by atoms with Crippen LogP contribution in [0.1, 0.15) is 13.8 Å². The van der Waals surface area contributed by atoms with Gasteiger partial charge in [-0.05, 0) is 6.04 Å². The molecule has 0 spiro atoms. The molecule has 0 heterocycles. The Labute approximate surface area is 59.0 Å². The number of hydrogen-bond donors (Lipinski definition) is 2. The Hall–Kier alpha value is 0.314. The molecule has 56 valence electrons. The summed E-state index contributed by atoms with van der Waals surface area (Å²) in [5.41, 5.74) is 0. The van der Waals surface area contributed by atoms with Gasteiger partial charge in [-0.3, -0.25) is 0 Å². The van der Waals surface area contributed by atoms with E-state index in [-0.39, 0.29) is 0 Å². The lowest BCUT2D eigenvalue weighted by atomic mass is 11.0. The second kappa shape index (κ2) is 4.18. The maximum Gasteiger partial charge on any atom is 0.484 e. The first-order valence-corrected chi connectivity index (χ1v) is 6.79. The smallest absolute Gasteiger partial charge is 0.421 e. The van der Waals surface area contributed by atoms with E-state index in [2.05, 4.69) is 0 Å². The van der Waals surface area contributed by atoms with Gasteiger partial charge in [-0.2, -0.15) is 0 Å². The highest BCUT2D eigenvalue weighted by Crippen LogP contribution is 2.00. The SMILES string of the molecule is CC[SiH2]O[Si](O)(O)CC. The van der Waals surface area contributed by atoms with E-state index in [9.17, 15) is 0 Å². The van der Waals surface area contributed by atoms with Gasteiger partial charge in [0.25, 0.3) is 0 Å². The van der Waals surface area contributed by atoms with Crippen LogP contribution < -0.4 is 0 Å². The standard InChI is InChI=1S/C4H14O3Si2/c1-3-8-7-9(5,6)4-2/h5-6H,3-4,8H2,1-2H3. The monoisotopic (exact) mass is 166 g/mol. The van der Waals surface area contributed by atoms with Crippen LogP contribution in [-0.2, 0) is 4.12 Å². The van der Waals surface area contributed by atoms with Crippen LogP contribution in [0.5, 0.6) is 0 Å². The first-order chi connectivity index (χ1) is 4.12. The molecule has 0 aromatic carbocycles. The van der Waals surface area contributed by atoms with Crippen molar-refractivity contribution in [3.05, 3.63) is 0 Å². The van der Waals surface area contributed by atoms with Crippen molar-refractivity contribution < 1.29 is 13.7 Å². The fourth-order valence-electron chi connectivity index (χ4n) is 0.368. The average molecular weight is 166 g/mol. The van der Waals surface area contributed by atoms with Gasteiger partial charge in [-0.25, -0.2) is 0 Å². The van der Waals surface area contributed by atoms with Gasteiger partial charge in [0.1, 0.15) is 0 Å². The van der Waals surface area contributed by atoms with E-state index in [4.69, 9.17) is 13.7 Å². The third-order valence-electron chi connectivity index (χ3n) is 0.998. The molecule has 2 N–H and O–H groups in total. The molecule has 0 aromatic rings. The first kappa shape index (κ1) is 9.31. The van der Waals surface area contributed by atoms with Gasteiger partial charge in [0.15, 0.2) is 9.76 Å². The summed E-state index contributed by atoms with van der Waals surface area (Å²) >= 11 is 0. The minimum absolute atomic E-state index is 0.375. The van der Waals surface area contributed by atoms with Gasteiger partial charge in [-0.15, -0.1) is 0 Å². The molecule has 0 aromatic heterocycles. The molecule has 0 rings (SSSR count). The van der Waals surface area contributed by atoms with Crippen LogP contribution in [0.15, 0.2) is 0 Å². The van der Waals surface area contributed by atoms with Crippen molar-refractivity contribution in [2.24, 2.45) is 0 Å². The highest BCUT2D eigenvalue weighted by Gasteiger charge is 2.27. The van der Waals surface area contributed by atoms with Crippen LogP contribution in [-0.4, -0.2) is 28.2 Å². The van der Waals surface area contributed by atoms with Crippen molar-refractivity contribution in [3.8, 4) is 0 Å². The van der Waals surface area contributed by atoms with E-state index in [1.165, 1.54) is 0 Å². The van der Waals surface area contributed by atoms with E-state index >= 15 is 0 Å². The summed E-state index contributed by atoms with van der Waals surface area (Å²) in [4.78, 5) is 17.9. The van der Waals surface area contributed by atoms with Crippen molar-refractivity contribution in [2.75, 3.05) is 0 Å². The second-order valence-corrected chi connectivity index (χ2v) is 6.70. The zero-order valence-electron chi connectivity index (χ0n) is 5.92. The molecule has 0 amide bonds. The predicted molar refractivity (Wildman–Crippen MR) is 40.8 cm³/mol. The molecular weight excluding hydrogens is 152 g/mol. The normalized spacial score (nSPS) is 13.3. The van der Waals surface area contributed by atoms with Gasteiger partial charge in [0, 0.05) is 6.04 Å². The zero-order valence-corrected chi connectivity index (χ0v) is 8.34. The van der Waals surface area contributed by atoms with Gasteiger partial charge < -0.3 is 13.7 Å². The highest BCUT2D eigenvalue weighted by molar-refractivity contribution is 6.63. The molecule has 0 aliphatic rings. The minimum atomic E-state index is -3.14. The second-order valence-electron chi connectivity index (χ2n) is 1.95. The topological polar surface area (TPSA) is 49.7 Å². The Morgan fingerprint density at radius 1 is 1.44 bits per heavy atom. The maximum absolute atomic E-state index is 8.96. The summed E-state index contributed by atoms with van der Waals surface area (Å²) in [6.07, 6.45) is 0. The van der Waals surface area contributed by atoms with Crippen LogP contribution in [0, 0.1) is 0 Å². The number of rotatable bonds is 4. The molecule has 0 aliphatic carbocycles. The van der Waals surface area contributed by atoms with Crippen molar-refractivity contribution >= 4 is 18.6 Å². The lowest BCUT2D eigenvalue weighted by Crippen LogP contribution is -2.38. The molecule has 0 bridgehead atoms. The Morgan fingerprint density at radius 2 is 2.00 bits per heavy atom. The fourth-order valence-corrected chi connectivity index (χ4v) is 3.31. The largest absolute Gasteiger partial charge is 0.484 e. The Balaban J connectivity index is 3.33. The number of hydrogen-bond acceptors (Lipinski definition) is 3. The molecule has 0 atom stereocenters. The fraction of sp³-hybridized carbons (Fsp3) is 1.00. The summed E-state index contributed by atoms with van der Waals surface area (Å²) in [7, 11) is -3.77. The lowest BCUT2D eigenvalue weighted by Gasteiger charge is -2.14. The van der Waals surface area contributed by atoms with Gasteiger partial charge in [-0.1, -0.05) is 13.8 Å². The van der Waals surface area contributed by atoms with Crippen LogP contribution in [0.2, 0.25) is 12.1 Å². The summed E-state index contributed by atoms with van der Waals surface area (Å²) in [6, 6.07) is 1.34. The van der Waals surface area contributed by atoms with E-state index < -0.39 is 18.6 Å². The summed E-state index contributed by atoms with van der Waals surface area (Å²) in [6.45, 7) is 3.72. The Morgan fingerprint density at radius 3 is 2.33 bits per heavy atom. The van der Waals surface area contributed by atoms with Crippen molar-refractivity contribution in [1.82, 2.24) is 0 Å². The molecule has 3 nitrogen and oxygen atoms in total. The van der Waals surface area contributed by atoms with E-state index in [0.29, 0.717) is 6.04 Å². The van der Waals surface area contributed by atoms with Gasteiger partial charge in [0.05, 0.1) is 0 Å². The lowest BCUT2D eigenvalue weighted by molar-refractivity contribution is 0.246. The molecule has 5 heteroatoms. The van der Waals surface area contributed by atoms with Crippen LogP contribution in [0.25, 0.3) is 0 Å². The van der Waals surface area contributed by atoms with Crippen LogP contribution in [0.3, 0.4) is 0 Å². The quantitative estimate of drug-likeness (QED) is 0.552. The molecule has 0 saturated carbocycles. The predicted octanol–water partition coefficient (Wildman–Crippen LogP) is -0.532. The zero-order chi connectivity index (χ0) is 7.33. The summed E-state index contributed by atoms with van der Waals surface area (Å²) < 4.78 is 4.92. The van der Waals surface area contributed by atoms with Crippen LogP contribution >= 0.6 is 0 Å².